The van der Waals surface area contributed by atoms with E-state index in [0.717, 1.165) is 25.3 Å². The van der Waals surface area contributed by atoms with Crippen molar-refractivity contribution in [2.24, 2.45) is 5.92 Å². The van der Waals surface area contributed by atoms with E-state index in [-0.39, 0.29) is 18.4 Å². The maximum absolute atomic E-state index is 11.9. The second-order valence-electron chi connectivity index (χ2n) is 4.69. The molecule has 0 aromatic carbocycles. The summed E-state index contributed by atoms with van der Waals surface area (Å²) in [6, 6.07) is -0.0639. The van der Waals surface area contributed by atoms with Gasteiger partial charge in [0.15, 0.2) is 0 Å². The van der Waals surface area contributed by atoms with E-state index in [0.29, 0.717) is 11.8 Å². The summed E-state index contributed by atoms with van der Waals surface area (Å²) in [5, 5.41) is 12.1. The van der Waals surface area contributed by atoms with Crippen LogP contribution in [-0.4, -0.2) is 52.6 Å². The number of rotatable bonds is 5. The Labute approximate surface area is 112 Å². The SMILES string of the molecule is CCC(CNC(=O)N1CCSC(C)C1)CC(=O)O. The van der Waals surface area contributed by atoms with Gasteiger partial charge in [-0.3, -0.25) is 4.79 Å². The molecule has 1 aliphatic rings. The van der Waals surface area contributed by atoms with Gasteiger partial charge >= 0.3 is 12.0 Å². The van der Waals surface area contributed by atoms with Gasteiger partial charge in [0.05, 0.1) is 0 Å². The van der Waals surface area contributed by atoms with Crippen LogP contribution < -0.4 is 5.32 Å². The molecule has 104 valence electrons. The van der Waals surface area contributed by atoms with Gasteiger partial charge < -0.3 is 15.3 Å². The molecule has 2 unspecified atom stereocenters. The molecule has 1 saturated heterocycles. The maximum atomic E-state index is 11.9. The van der Waals surface area contributed by atoms with Crippen LogP contribution in [0.1, 0.15) is 26.7 Å². The van der Waals surface area contributed by atoms with Gasteiger partial charge in [0.1, 0.15) is 0 Å². The summed E-state index contributed by atoms with van der Waals surface area (Å²) in [7, 11) is 0. The Morgan fingerprint density at radius 1 is 1.56 bits per heavy atom. The monoisotopic (exact) mass is 274 g/mol. The Kier molecular flexibility index (Phi) is 6.32. The highest BCUT2D eigenvalue weighted by molar-refractivity contribution is 7.99. The Bertz CT molecular complexity index is 299. The number of carbonyl (C=O) groups excluding carboxylic acids is 1. The van der Waals surface area contributed by atoms with Crippen LogP contribution >= 0.6 is 11.8 Å². The lowest BCUT2D eigenvalue weighted by Crippen LogP contribution is -2.47. The van der Waals surface area contributed by atoms with Crippen LogP contribution in [0.5, 0.6) is 0 Å². The minimum atomic E-state index is -0.806. The van der Waals surface area contributed by atoms with Crippen LogP contribution in [0.3, 0.4) is 0 Å². The molecule has 1 fully saturated rings. The first-order valence-electron chi connectivity index (χ1n) is 6.39. The van der Waals surface area contributed by atoms with Crippen molar-refractivity contribution in [3.8, 4) is 0 Å². The summed E-state index contributed by atoms with van der Waals surface area (Å²) in [6.45, 7) is 6.05. The fourth-order valence-corrected chi connectivity index (χ4v) is 2.97. The van der Waals surface area contributed by atoms with Crippen molar-refractivity contribution in [1.82, 2.24) is 10.2 Å². The third kappa shape index (κ3) is 5.16. The van der Waals surface area contributed by atoms with Gasteiger partial charge in [0.25, 0.3) is 0 Å². The van der Waals surface area contributed by atoms with Crippen molar-refractivity contribution in [3.05, 3.63) is 0 Å². The molecule has 0 bridgehead atoms. The smallest absolute Gasteiger partial charge is 0.317 e. The maximum Gasteiger partial charge on any atom is 0.317 e. The predicted molar refractivity (Wildman–Crippen MR) is 72.9 cm³/mol. The van der Waals surface area contributed by atoms with Crippen molar-refractivity contribution >= 4 is 23.8 Å². The first-order valence-corrected chi connectivity index (χ1v) is 7.44. The predicted octanol–water partition coefficient (Wildman–Crippen LogP) is 1.63. The molecular formula is C12H22N2O3S. The number of amides is 2. The number of aliphatic carboxylic acids is 1. The number of nitrogens with one attached hydrogen (secondary N) is 1. The van der Waals surface area contributed by atoms with E-state index in [2.05, 4.69) is 12.2 Å². The van der Waals surface area contributed by atoms with Crippen molar-refractivity contribution in [2.45, 2.75) is 31.9 Å². The van der Waals surface area contributed by atoms with E-state index in [1.807, 2.05) is 23.6 Å². The summed E-state index contributed by atoms with van der Waals surface area (Å²) in [4.78, 5) is 24.4. The molecule has 1 rings (SSSR count). The molecule has 2 N–H and O–H groups in total. The van der Waals surface area contributed by atoms with Crippen molar-refractivity contribution in [1.29, 1.82) is 0 Å². The lowest BCUT2D eigenvalue weighted by Gasteiger charge is -2.31. The Balaban J connectivity index is 2.32. The molecule has 0 aromatic rings. The highest BCUT2D eigenvalue weighted by Crippen LogP contribution is 2.17. The van der Waals surface area contributed by atoms with Crippen LogP contribution in [0.4, 0.5) is 4.79 Å². The fourth-order valence-electron chi connectivity index (χ4n) is 1.95. The zero-order chi connectivity index (χ0) is 13.5. The van der Waals surface area contributed by atoms with Gasteiger partial charge in [-0.25, -0.2) is 4.79 Å². The number of carboxylic acids is 1. The Morgan fingerprint density at radius 2 is 2.28 bits per heavy atom. The molecule has 1 heterocycles. The molecule has 0 aliphatic carbocycles. The van der Waals surface area contributed by atoms with Gasteiger partial charge in [-0.05, 0) is 5.92 Å². The second kappa shape index (κ2) is 7.51. The number of hydrogen-bond acceptors (Lipinski definition) is 3. The van der Waals surface area contributed by atoms with Crippen LogP contribution in [-0.2, 0) is 4.79 Å². The van der Waals surface area contributed by atoms with Gasteiger partial charge in [-0.1, -0.05) is 20.3 Å². The van der Waals surface area contributed by atoms with Crippen LogP contribution in [0.15, 0.2) is 0 Å². The van der Waals surface area contributed by atoms with Crippen molar-refractivity contribution in [3.63, 3.8) is 0 Å². The lowest BCUT2D eigenvalue weighted by molar-refractivity contribution is -0.138. The van der Waals surface area contributed by atoms with Crippen LogP contribution in [0, 0.1) is 5.92 Å². The summed E-state index contributed by atoms with van der Waals surface area (Å²) < 4.78 is 0. The summed E-state index contributed by atoms with van der Waals surface area (Å²) in [6.07, 6.45) is 0.877. The van der Waals surface area contributed by atoms with Gasteiger partial charge in [0.2, 0.25) is 0 Å². The van der Waals surface area contributed by atoms with E-state index in [9.17, 15) is 9.59 Å². The average molecular weight is 274 g/mol. The first kappa shape index (κ1) is 15.1. The molecule has 18 heavy (non-hydrogen) atoms. The average Bonchev–Trinajstić information content (AvgIpc) is 2.33. The fraction of sp³-hybridized carbons (Fsp3) is 0.833. The topological polar surface area (TPSA) is 69.6 Å². The lowest BCUT2D eigenvalue weighted by atomic mass is 10.0. The third-order valence-corrected chi connectivity index (χ3v) is 4.25. The molecule has 0 spiro atoms. The summed E-state index contributed by atoms with van der Waals surface area (Å²) in [5.74, 6) is 0.183. The van der Waals surface area contributed by atoms with E-state index in [4.69, 9.17) is 5.11 Å². The first-order chi connectivity index (χ1) is 8.52. The number of hydrogen-bond donors (Lipinski definition) is 2. The highest BCUT2D eigenvalue weighted by Gasteiger charge is 2.21. The van der Waals surface area contributed by atoms with E-state index < -0.39 is 5.97 Å². The number of carbonyl (C=O) groups is 2. The largest absolute Gasteiger partial charge is 0.481 e. The number of urea groups is 1. The highest BCUT2D eigenvalue weighted by atomic mass is 32.2. The zero-order valence-corrected chi connectivity index (χ0v) is 11.8. The standard InChI is InChI=1S/C12H22N2O3S/c1-3-10(6-11(15)16)7-13-12(17)14-4-5-18-9(2)8-14/h9-10H,3-8H2,1-2H3,(H,13,17)(H,15,16). The van der Waals surface area contributed by atoms with E-state index >= 15 is 0 Å². The van der Waals surface area contributed by atoms with Gasteiger partial charge in [-0.2, -0.15) is 11.8 Å². The molecule has 5 nitrogen and oxygen atoms in total. The van der Waals surface area contributed by atoms with Crippen molar-refractivity contribution < 1.29 is 14.7 Å². The van der Waals surface area contributed by atoms with E-state index in [1.54, 1.807) is 0 Å². The van der Waals surface area contributed by atoms with E-state index in [1.165, 1.54) is 0 Å². The molecule has 0 aromatic heterocycles. The second-order valence-corrected chi connectivity index (χ2v) is 6.23. The van der Waals surface area contributed by atoms with Crippen molar-refractivity contribution in [2.75, 3.05) is 25.4 Å². The molecule has 0 radical (unpaired) electrons. The molecule has 1 aliphatic heterocycles. The number of nitrogens with zero attached hydrogens (tertiary/aromatic N) is 1. The zero-order valence-electron chi connectivity index (χ0n) is 11.0. The minimum Gasteiger partial charge on any atom is -0.481 e. The summed E-state index contributed by atoms with van der Waals surface area (Å²) in [5.41, 5.74) is 0. The number of thioether (sulfide) groups is 1. The molecular weight excluding hydrogens is 252 g/mol. The molecule has 0 saturated carbocycles. The number of carboxylic acid groups (broad SMARTS) is 1. The molecule has 2 atom stereocenters. The molecule has 6 heteroatoms. The van der Waals surface area contributed by atoms with Crippen LogP contribution in [0.25, 0.3) is 0 Å². The summed E-state index contributed by atoms with van der Waals surface area (Å²) >= 11 is 1.88. The Morgan fingerprint density at radius 3 is 2.83 bits per heavy atom. The van der Waals surface area contributed by atoms with Gasteiger partial charge in [0, 0.05) is 37.1 Å². The van der Waals surface area contributed by atoms with Crippen LogP contribution in [0.2, 0.25) is 0 Å². The Hall–Kier alpha value is -0.910. The quantitative estimate of drug-likeness (QED) is 0.799. The van der Waals surface area contributed by atoms with Gasteiger partial charge in [-0.15, -0.1) is 0 Å². The molecule has 2 amide bonds. The minimum absolute atomic E-state index is 0.0167. The third-order valence-electron chi connectivity index (χ3n) is 3.11. The normalized spacial score (nSPS) is 21.4.